The summed E-state index contributed by atoms with van der Waals surface area (Å²) in [5.74, 6) is 2.12. The third kappa shape index (κ3) is 4.01. The number of nitrogens with one attached hydrogen (secondary N) is 1. The SMILES string of the molecule is CC(C)(C)c1cnc(C=Cc2cnc(Nc3cnccn3)s2)o1. The minimum atomic E-state index is -0.0443. The van der Waals surface area contributed by atoms with Crippen LogP contribution in [-0.4, -0.2) is 19.9 Å². The second-order valence-corrected chi connectivity index (χ2v) is 6.99. The van der Waals surface area contributed by atoms with E-state index < -0.39 is 0 Å². The molecule has 0 amide bonds. The van der Waals surface area contributed by atoms with E-state index in [9.17, 15) is 0 Å². The van der Waals surface area contributed by atoms with Gasteiger partial charge in [-0.2, -0.15) is 0 Å². The Morgan fingerprint density at radius 2 is 1.91 bits per heavy atom. The standard InChI is InChI=1S/C16H17N5OS/c1-16(2,3)12-9-19-14(22-12)5-4-11-8-20-15(23-11)21-13-10-17-6-7-18-13/h4-10H,1-3H3,(H,18,20,21). The maximum atomic E-state index is 5.72. The van der Waals surface area contributed by atoms with E-state index in [1.165, 1.54) is 11.3 Å². The van der Waals surface area contributed by atoms with Gasteiger partial charge in [0.2, 0.25) is 5.89 Å². The average molecular weight is 327 g/mol. The van der Waals surface area contributed by atoms with Crippen LogP contribution in [0.4, 0.5) is 10.9 Å². The fourth-order valence-corrected chi connectivity index (χ4v) is 2.49. The highest BCUT2D eigenvalue weighted by Crippen LogP contribution is 2.25. The first kappa shape index (κ1) is 15.4. The highest BCUT2D eigenvalue weighted by Gasteiger charge is 2.18. The molecular formula is C16H17N5OS. The lowest BCUT2D eigenvalue weighted by atomic mass is 9.94. The summed E-state index contributed by atoms with van der Waals surface area (Å²) in [4.78, 5) is 17.7. The van der Waals surface area contributed by atoms with E-state index >= 15 is 0 Å². The van der Waals surface area contributed by atoms with E-state index in [1.807, 2.05) is 12.2 Å². The number of hydrogen-bond acceptors (Lipinski definition) is 7. The molecule has 3 rings (SSSR count). The molecule has 0 aromatic carbocycles. The molecule has 0 saturated carbocycles. The minimum Gasteiger partial charge on any atom is -0.441 e. The van der Waals surface area contributed by atoms with Crippen LogP contribution in [0.15, 0.2) is 35.4 Å². The van der Waals surface area contributed by atoms with Crippen molar-refractivity contribution in [2.24, 2.45) is 0 Å². The van der Waals surface area contributed by atoms with E-state index in [2.05, 4.69) is 46.0 Å². The number of aromatic nitrogens is 4. The van der Waals surface area contributed by atoms with Gasteiger partial charge in [-0.1, -0.05) is 32.1 Å². The molecule has 0 bridgehead atoms. The van der Waals surface area contributed by atoms with Gasteiger partial charge in [-0.3, -0.25) is 4.98 Å². The molecule has 0 aliphatic carbocycles. The van der Waals surface area contributed by atoms with Crippen LogP contribution >= 0.6 is 11.3 Å². The van der Waals surface area contributed by atoms with Crippen molar-refractivity contribution in [3.05, 3.63) is 47.5 Å². The monoisotopic (exact) mass is 327 g/mol. The molecule has 3 aromatic heterocycles. The molecule has 1 N–H and O–H groups in total. The van der Waals surface area contributed by atoms with Crippen molar-refractivity contribution >= 4 is 34.4 Å². The highest BCUT2D eigenvalue weighted by atomic mass is 32.1. The second kappa shape index (κ2) is 6.29. The van der Waals surface area contributed by atoms with Gasteiger partial charge in [-0.05, 0) is 6.08 Å². The molecule has 0 fully saturated rings. The lowest BCUT2D eigenvalue weighted by molar-refractivity contribution is 0.403. The summed E-state index contributed by atoms with van der Waals surface area (Å²) in [6, 6.07) is 0. The summed E-state index contributed by atoms with van der Waals surface area (Å²) in [6.45, 7) is 6.28. The maximum absolute atomic E-state index is 5.72. The molecule has 0 aliphatic heterocycles. The molecule has 0 saturated heterocycles. The molecule has 0 aliphatic rings. The largest absolute Gasteiger partial charge is 0.441 e. The summed E-state index contributed by atoms with van der Waals surface area (Å²) in [6.07, 6.45) is 12.2. The fraction of sp³-hybridized carbons (Fsp3) is 0.250. The Bertz CT molecular complexity index is 801. The molecule has 7 heteroatoms. The van der Waals surface area contributed by atoms with E-state index in [-0.39, 0.29) is 5.41 Å². The van der Waals surface area contributed by atoms with Crippen LogP contribution in [0, 0.1) is 0 Å². The first-order chi connectivity index (χ1) is 11.0. The van der Waals surface area contributed by atoms with Gasteiger partial charge in [0.05, 0.1) is 12.4 Å². The maximum Gasteiger partial charge on any atom is 0.218 e. The van der Waals surface area contributed by atoms with Gasteiger partial charge in [0.15, 0.2) is 10.9 Å². The van der Waals surface area contributed by atoms with Crippen molar-refractivity contribution in [3.63, 3.8) is 0 Å². The van der Waals surface area contributed by atoms with E-state index in [4.69, 9.17) is 4.42 Å². The Kier molecular flexibility index (Phi) is 4.20. The van der Waals surface area contributed by atoms with Crippen LogP contribution in [0.25, 0.3) is 12.2 Å². The van der Waals surface area contributed by atoms with Gasteiger partial charge >= 0.3 is 0 Å². The van der Waals surface area contributed by atoms with Crippen molar-refractivity contribution in [1.82, 2.24) is 19.9 Å². The van der Waals surface area contributed by atoms with Crippen LogP contribution in [0.2, 0.25) is 0 Å². The van der Waals surface area contributed by atoms with Crippen LogP contribution in [0.1, 0.15) is 37.3 Å². The molecule has 0 unspecified atom stereocenters. The zero-order valence-electron chi connectivity index (χ0n) is 13.1. The van der Waals surface area contributed by atoms with Crippen molar-refractivity contribution in [2.75, 3.05) is 5.32 Å². The highest BCUT2D eigenvalue weighted by molar-refractivity contribution is 7.16. The first-order valence-electron chi connectivity index (χ1n) is 7.14. The zero-order valence-corrected chi connectivity index (χ0v) is 14.0. The number of anilines is 2. The molecule has 3 heterocycles. The van der Waals surface area contributed by atoms with Gasteiger partial charge in [0, 0.05) is 35.0 Å². The Labute approximate surface area is 138 Å². The Balaban J connectivity index is 1.68. The molecule has 3 aromatic rings. The Morgan fingerprint density at radius 3 is 2.61 bits per heavy atom. The van der Waals surface area contributed by atoms with Crippen LogP contribution in [0.3, 0.4) is 0 Å². The van der Waals surface area contributed by atoms with Gasteiger partial charge in [0.1, 0.15) is 5.76 Å². The van der Waals surface area contributed by atoms with Gasteiger partial charge < -0.3 is 9.73 Å². The summed E-state index contributed by atoms with van der Waals surface area (Å²) < 4.78 is 5.72. The molecular weight excluding hydrogens is 310 g/mol. The van der Waals surface area contributed by atoms with Crippen molar-refractivity contribution in [2.45, 2.75) is 26.2 Å². The second-order valence-electron chi connectivity index (χ2n) is 5.93. The fourth-order valence-electron chi connectivity index (χ4n) is 1.76. The summed E-state index contributed by atoms with van der Waals surface area (Å²) in [5, 5.41) is 3.86. The predicted octanol–water partition coefficient (Wildman–Crippen LogP) is 4.13. The first-order valence-corrected chi connectivity index (χ1v) is 7.95. The topological polar surface area (TPSA) is 76.7 Å². The summed E-state index contributed by atoms with van der Waals surface area (Å²) in [7, 11) is 0. The number of thiazole rings is 1. The lowest BCUT2D eigenvalue weighted by Crippen LogP contribution is -2.09. The number of rotatable bonds is 4. The molecule has 118 valence electrons. The molecule has 23 heavy (non-hydrogen) atoms. The number of hydrogen-bond donors (Lipinski definition) is 1. The Hall–Kier alpha value is -2.54. The van der Waals surface area contributed by atoms with E-state index in [0.717, 1.165) is 15.8 Å². The van der Waals surface area contributed by atoms with E-state index in [1.54, 1.807) is 31.0 Å². The van der Waals surface area contributed by atoms with Gasteiger partial charge in [-0.15, -0.1) is 0 Å². The van der Waals surface area contributed by atoms with Crippen molar-refractivity contribution in [1.29, 1.82) is 0 Å². The Morgan fingerprint density at radius 1 is 1.04 bits per heavy atom. The lowest BCUT2D eigenvalue weighted by Gasteiger charge is -2.12. The van der Waals surface area contributed by atoms with Crippen molar-refractivity contribution in [3.8, 4) is 0 Å². The molecule has 0 atom stereocenters. The van der Waals surface area contributed by atoms with Crippen LogP contribution < -0.4 is 5.32 Å². The minimum absolute atomic E-state index is 0.0443. The molecule has 6 nitrogen and oxygen atoms in total. The average Bonchev–Trinajstić information content (AvgIpc) is 3.15. The quantitative estimate of drug-likeness (QED) is 0.776. The third-order valence-electron chi connectivity index (χ3n) is 2.97. The van der Waals surface area contributed by atoms with Gasteiger partial charge in [0.25, 0.3) is 0 Å². The zero-order chi connectivity index (χ0) is 16.3. The van der Waals surface area contributed by atoms with E-state index in [0.29, 0.717) is 11.7 Å². The smallest absolute Gasteiger partial charge is 0.218 e. The van der Waals surface area contributed by atoms with Crippen molar-refractivity contribution < 1.29 is 4.42 Å². The molecule has 0 radical (unpaired) electrons. The summed E-state index contributed by atoms with van der Waals surface area (Å²) in [5.41, 5.74) is -0.0443. The number of oxazole rings is 1. The van der Waals surface area contributed by atoms with Crippen LogP contribution in [0.5, 0.6) is 0 Å². The normalized spacial score (nSPS) is 12.0. The van der Waals surface area contributed by atoms with Gasteiger partial charge in [-0.25, -0.2) is 15.0 Å². The third-order valence-corrected chi connectivity index (χ3v) is 3.85. The van der Waals surface area contributed by atoms with Crippen LogP contribution in [-0.2, 0) is 5.41 Å². The number of nitrogens with zero attached hydrogens (tertiary/aromatic N) is 4. The molecule has 0 spiro atoms. The summed E-state index contributed by atoms with van der Waals surface area (Å²) >= 11 is 1.51. The predicted molar refractivity (Wildman–Crippen MR) is 91.6 cm³/mol.